The SMILES string of the molecule is COC(=O)c1c(C)c(C(=O)CN(CC2CCCCC2)C(=O)c2cccc(F)c2)c(C)n1C. The van der Waals surface area contributed by atoms with Gasteiger partial charge in [-0.2, -0.15) is 0 Å². The van der Waals surface area contributed by atoms with Gasteiger partial charge in [0, 0.05) is 30.4 Å². The number of carbonyl (C=O) groups excluding carboxylic acids is 3. The zero-order valence-corrected chi connectivity index (χ0v) is 19.2. The van der Waals surface area contributed by atoms with Gasteiger partial charge in [-0.05, 0) is 56.4 Å². The molecular formula is C25H31FN2O4. The van der Waals surface area contributed by atoms with Crippen LogP contribution in [0.3, 0.4) is 0 Å². The number of amides is 1. The van der Waals surface area contributed by atoms with Gasteiger partial charge in [0.15, 0.2) is 5.78 Å². The summed E-state index contributed by atoms with van der Waals surface area (Å²) in [7, 11) is 3.01. The molecule has 32 heavy (non-hydrogen) atoms. The van der Waals surface area contributed by atoms with Crippen molar-refractivity contribution in [3.63, 3.8) is 0 Å². The van der Waals surface area contributed by atoms with E-state index in [1.54, 1.807) is 31.5 Å². The zero-order chi connectivity index (χ0) is 23.4. The highest BCUT2D eigenvalue weighted by molar-refractivity contribution is 6.06. The van der Waals surface area contributed by atoms with Gasteiger partial charge in [-0.1, -0.05) is 25.3 Å². The summed E-state index contributed by atoms with van der Waals surface area (Å²) in [4.78, 5) is 40.4. The van der Waals surface area contributed by atoms with Crippen molar-refractivity contribution in [1.29, 1.82) is 0 Å². The van der Waals surface area contributed by atoms with Crippen LogP contribution < -0.4 is 0 Å². The number of esters is 1. The van der Waals surface area contributed by atoms with E-state index in [-0.39, 0.29) is 23.8 Å². The van der Waals surface area contributed by atoms with Crippen molar-refractivity contribution >= 4 is 17.7 Å². The second-order valence-electron chi connectivity index (χ2n) is 8.61. The topological polar surface area (TPSA) is 68.6 Å². The fraction of sp³-hybridized carbons (Fsp3) is 0.480. The van der Waals surface area contributed by atoms with Crippen molar-refractivity contribution in [2.45, 2.75) is 46.0 Å². The molecule has 0 aliphatic heterocycles. The maximum atomic E-state index is 13.8. The second kappa shape index (κ2) is 10.1. The molecule has 0 spiro atoms. The molecule has 1 aliphatic rings. The van der Waals surface area contributed by atoms with Gasteiger partial charge in [-0.25, -0.2) is 9.18 Å². The van der Waals surface area contributed by atoms with Crippen LogP contribution in [0, 0.1) is 25.6 Å². The highest BCUT2D eigenvalue weighted by Crippen LogP contribution is 2.27. The predicted molar refractivity (Wildman–Crippen MR) is 119 cm³/mol. The van der Waals surface area contributed by atoms with Crippen LogP contribution in [0.5, 0.6) is 0 Å². The van der Waals surface area contributed by atoms with E-state index in [2.05, 4.69) is 0 Å². The Kier molecular flexibility index (Phi) is 7.48. The molecule has 1 amide bonds. The largest absolute Gasteiger partial charge is 0.464 e. The summed E-state index contributed by atoms with van der Waals surface area (Å²) in [6.07, 6.45) is 5.43. The molecule has 1 aromatic heterocycles. The molecule has 0 atom stereocenters. The minimum Gasteiger partial charge on any atom is -0.464 e. The van der Waals surface area contributed by atoms with Crippen LogP contribution in [-0.4, -0.2) is 47.3 Å². The van der Waals surface area contributed by atoms with Crippen LogP contribution in [0.15, 0.2) is 24.3 Å². The molecule has 1 aliphatic carbocycles. The van der Waals surface area contributed by atoms with Crippen LogP contribution in [0.1, 0.15) is 74.6 Å². The normalized spacial score (nSPS) is 14.3. The highest BCUT2D eigenvalue weighted by Gasteiger charge is 2.29. The Morgan fingerprint density at radius 2 is 1.84 bits per heavy atom. The number of rotatable bonds is 7. The summed E-state index contributed by atoms with van der Waals surface area (Å²) in [5.41, 5.74) is 2.16. The number of halogens is 1. The molecule has 0 radical (unpaired) electrons. The lowest BCUT2D eigenvalue weighted by atomic mass is 9.88. The molecule has 1 heterocycles. The molecule has 0 bridgehead atoms. The van der Waals surface area contributed by atoms with Crippen LogP contribution in [0.2, 0.25) is 0 Å². The smallest absolute Gasteiger partial charge is 0.354 e. The van der Waals surface area contributed by atoms with Gasteiger partial charge in [0.1, 0.15) is 11.5 Å². The number of ether oxygens (including phenoxy) is 1. The molecule has 6 nitrogen and oxygen atoms in total. The van der Waals surface area contributed by atoms with E-state index in [1.807, 2.05) is 0 Å². The third kappa shape index (κ3) is 4.92. The van der Waals surface area contributed by atoms with Crippen LogP contribution >= 0.6 is 0 Å². The molecule has 1 saturated carbocycles. The Balaban J connectivity index is 1.91. The van der Waals surface area contributed by atoms with Crippen molar-refractivity contribution in [2.75, 3.05) is 20.2 Å². The van der Waals surface area contributed by atoms with E-state index in [0.717, 1.165) is 25.7 Å². The summed E-state index contributed by atoms with van der Waals surface area (Å²) < 4.78 is 20.3. The minimum atomic E-state index is -0.512. The fourth-order valence-electron chi connectivity index (χ4n) is 4.73. The van der Waals surface area contributed by atoms with Gasteiger partial charge < -0.3 is 14.2 Å². The summed E-state index contributed by atoms with van der Waals surface area (Å²) >= 11 is 0. The fourth-order valence-corrected chi connectivity index (χ4v) is 4.73. The van der Waals surface area contributed by atoms with Crippen molar-refractivity contribution in [3.05, 3.63) is 58.2 Å². The number of carbonyl (C=O) groups is 3. The van der Waals surface area contributed by atoms with Crippen molar-refractivity contribution in [2.24, 2.45) is 13.0 Å². The van der Waals surface area contributed by atoms with Gasteiger partial charge >= 0.3 is 5.97 Å². The summed E-state index contributed by atoms with van der Waals surface area (Å²) in [6, 6.07) is 5.56. The maximum absolute atomic E-state index is 13.8. The van der Waals surface area contributed by atoms with Gasteiger partial charge in [-0.15, -0.1) is 0 Å². The number of ketones is 1. The molecule has 0 saturated heterocycles. The molecule has 0 N–H and O–H groups in total. The van der Waals surface area contributed by atoms with Gasteiger partial charge in [-0.3, -0.25) is 9.59 Å². The number of hydrogen-bond acceptors (Lipinski definition) is 4. The Hall–Kier alpha value is -2.96. The summed E-state index contributed by atoms with van der Waals surface area (Å²) in [5, 5.41) is 0. The van der Waals surface area contributed by atoms with Gasteiger partial charge in [0.25, 0.3) is 5.91 Å². The molecule has 172 valence electrons. The highest BCUT2D eigenvalue weighted by atomic mass is 19.1. The molecule has 2 aromatic rings. The van der Waals surface area contributed by atoms with Crippen LogP contribution in [-0.2, 0) is 11.8 Å². The number of nitrogens with zero attached hydrogens (tertiary/aromatic N) is 2. The number of aromatic nitrogens is 1. The second-order valence-corrected chi connectivity index (χ2v) is 8.61. The summed E-state index contributed by atoms with van der Waals surface area (Å²) in [6.45, 7) is 3.81. The zero-order valence-electron chi connectivity index (χ0n) is 19.2. The van der Waals surface area contributed by atoms with E-state index in [0.29, 0.717) is 35.0 Å². The molecule has 1 aromatic carbocycles. The first kappa shape index (κ1) is 23.7. The standard InChI is InChI=1S/C25H31FN2O4/c1-16-22(17(2)27(3)23(16)25(31)32-4)21(29)15-28(14-18-9-6-5-7-10-18)24(30)19-11-8-12-20(26)13-19/h8,11-13,18H,5-7,9-10,14-15H2,1-4H3. The van der Waals surface area contributed by atoms with E-state index in [9.17, 15) is 18.8 Å². The van der Waals surface area contributed by atoms with E-state index < -0.39 is 11.8 Å². The van der Waals surface area contributed by atoms with Crippen LogP contribution in [0.25, 0.3) is 0 Å². The number of methoxy groups -OCH3 is 1. The molecule has 7 heteroatoms. The lowest BCUT2D eigenvalue weighted by molar-refractivity contribution is 0.0588. The Labute approximate surface area is 188 Å². The van der Waals surface area contributed by atoms with E-state index in [4.69, 9.17) is 4.74 Å². The lowest BCUT2D eigenvalue weighted by Gasteiger charge is -2.29. The summed E-state index contributed by atoms with van der Waals surface area (Å²) in [5.74, 6) is -1.29. The Bertz CT molecular complexity index is 1020. The van der Waals surface area contributed by atoms with E-state index >= 15 is 0 Å². The quantitative estimate of drug-likeness (QED) is 0.469. The van der Waals surface area contributed by atoms with Crippen molar-refractivity contribution in [3.8, 4) is 0 Å². The Morgan fingerprint density at radius 3 is 2.47 bits per heavy atom. The number of hydrogen-bond donors (Lipinski definition) is 0. The molecule has 1 fully saturated rings. The van der Waals surface area contributed by atoms with E-state index in [1.165, 1.54) is 36.6 Å². The monoisotopic (exact) mass is 442 g/mol. The van der Waals surface area contributed by atoms with Gasteiger partial charge in [0.2, 0.25) is 0 Å². The minimum absolute atomic E-state index is 0.127. The average molecular weight is 443 g/mol. The predicted octanol–water partition coefficient (Wildman–Crippen LogP) is 4.47. The van der Waals surface area contributed by atoms with Crippen molar-refractivity contribution < 1.29 is 23.5 Å². The van der Waals surface area contributed by atoms with Gasteiger partial charge in [0.05, 0.1) is 13.7 Å². The average Bonchev–Trinajstić information content (AvgIpc) is 3.01. The molecular weight excluding hydrogens is 411 g/mol. The Morgan fingerprint density at radius 1 is 1.16 bits per heavy atom. The third-order valence-electron chi connectivity index (χ3n) is 6.48. The van der Waals surface area contributed by atoms with Crippen LogP contribution in [0.4, 0.5) is 4.39 Å². The molecule has 3 rings (SSSR count). The lowest BCUT2D eigenvalue weighted by Crippen LogP contribution is -2.40. The first-order valence-corrected chi connectivity index (χ1v) is 11.1. The number of benzene rings is 1. The van der Waals surface area contributed by atoms with Crippen molar-refractivity contribution in [1.82, 2.24) is 9.47 Å². The third-order valence-corrected chi connectivity index (χ3v) is 6.48. The first-order chi connectivity index (χ1) is 15.2. The molecule has 0 unspecified atom stereocenters. The first-order valence-electron chi connectivity index (χ1n) is 11.1. The number of Topliss-reactive ketones (excluding diaryl/α,β-unsaturated/α-hetero) is 1. The maximum Gasteiger partial charge on any atom is 0.354 e.